The van der Waals surface area contributed by atoms with Gasteiger partial charge in [0.25, 0.3) is 0 Å². The first kappa shape index (κ1) is 10.1. The van der Waals surface area contributed by atoms with Crippen molar-refractivity contribution in [3.63, 3.8) is 0 Å². The first-order valence-electron chi connectivity index (χ1n) is 3.00. The summed E-state index contributed by atoms with van der Waals surface area (Å²) in [6, 6.07) is 0. The van der Waals surface area contributed by atoms with E-state index in [2.05, 4.69) is 17.9 Å². The average Bonchev–Trinajstić information content (AvgIpc) is 2.07. The molecule has 1 fully saturated rings. The van der Waals surface area contributed by atoms with Gasteiger partial charge in [0.05, 0.1) is 0 Å². The second-order valence-electron chi connectivity index (χ2n) is 1.92. The smallest absolute Gasteiger partial charge is 0.317 e. The molecule has 10 heavy (non-hydrogen) atoms. The average molecular weight is 173 g/mol. The van der Waals surface area contributed by atoms with Gasteiger partial charge >= 0.3 is 5.51 Å². The summed E-state index contributed by atoms with van der Waals surface area (Å²) >= 11 is 2.12. The van der Waals surface area contributed by atoms with Gasteiger partial charge in [0.2, 0.25) is 0 Å². The molecule has 0 aromatic heterocycles. The predicted octanol–water partition coefficient (Wildman–Crippen LogP) is 1.81. The van der Waals surface area contributed by atoms with E-state index in [1.54, 1.807) is 0 Å². The van der Waals surface area contributed by atoms with E-state index in [0.29, 0.717) is 0 Å². The van der Waals surface area contributed by atoms with Crippen LogP contribution in [-0.2, 0) is 0 Å². The van der Waals surface area contributed by atoms with Crippen molar-refractivity contribution in [2.24, 2.45) is 0 Å². The maximum absolute atomic E-state index is 10.2. The molecule has 0 aromatic carbocycles. The van der Waals surface area contributed by atoms with Gasteiger partial charge in [-0.1, -0.05) is 12.6 Å². The van der Waals surface area contributed by atoms with Crippen LogP contribution in [-0.4, -0.2) is 18.6 Å². The van der Waals surface area contributed by atoms with Crippen LogP contribution in [0.25, 0.3) is 0 Å². The minimum atomic E-state index is -4.31. The van der Waals surface area contributed by atoms with Crippen LogP contribution in [0.2, 0.25) is 0 Å². The van der Waals surface area contributed by atoms with E-state index in [4.69, 9.17) is 0 Å². The van der Waals surface area contributed by atoms with Gasteiger partial charge in [-0.3, -0.25) is 0 Å². The Morgan fingerprint density at radius 2 is 1.40 bits per heavy atom. The molecule has 1 heterocycles. The molecule has 1 aliphatic heterocycles. The molecular weight excluding hydrogens is 163 g/mol. The molecule has 62 valence electrons. The van der Waals surface area contributed by atoms with Crippen molar-refractivity contribution in [1.82, 2.24) is 5.32 Å². The van der Waals surface area contributed by atoms with Gasteiger partial charge in [0, 0.05) is 0 Å². The monoisotopic (exact) mass is 173 g/mol. The summed E-state index contributed by atoms with van der Waals surface area (Å²) < 4.78 is 30.7. The fourth-order valence-electron chi connectivity index (χ4n) is 0.625. The summed E-state index contributed by atoms with van der Waals surface area (Å²) in [5.74, 6) is 0. The topological polar surface area (TPSA) is 12.0 Å². The fraction of sp³-hybridized carbons (Fsp3) is 1.00. The lowest BCUT2D eigenvalue weighted by atomic mass is 10.4. The number of alkyl halides is 3. The highest BCUT2D eigenvalue weighted by Crippen LogP contribution is 2.17. The fourth-order valence-corrected chi connectivity index (χ4v) is 0.625. The van der Waals surface area contributed by atoms with Crippen molar-refractivity contribution in [2.45, 2.75) is 18.3 Å². The summed E-state index contributed by atoms with van der Waals surface area (Å²) in [5.41, 5.74) is -4.31. The van der Waals surface area contributed by atoms with Gasteiger partial charge in [-0.15, -0.1) is 0 Å². The third-order valence-corrected chi connectivity index (χ3v) is 0.957. The third-order valence-electron chi connectivity index (χ3n) is 0.957. The molecule has 0 spiro atoms. The van der Waals surface area contributed by atoms with Crippen LogP contribution >= 0.6 is 12.6 Å². The molecular formula is C5H10F3NS. The quantitative estimate of drug-likeness (QED) is 0.532. The van der Waals surface area contributed by atoms with E-state index >= 15 is 0 Å². The Bertz CT molecular complexity index is 65.8. The van der Waals surface area contributed by atoms with Crippen LogP contribution in [0.15, 0.2) is 0 Å². The molecule has 1 N–H and O–H groups in total. The second-order valence-corrected chi connectivity index (χ2v) is 2.43. The Morgan fingerprint density at radius 3 is 1.50 bits per heavy atom. The summed E-state index contributed by atoms with van der Waals surface area (Å²) in [4.78, 5) is 0. The Balaban J connectivity index is 0.000000162. The van der Waals surface area contributed by atoms with Crippen LogP contribution in [0, 0.1) is 0 Å². The molecule has 1 aliphatic rings. The van der Waals surface area contributed by atoms with Gasteiger partial charge in [0.15, 0.2) is 0 Å². The minimum absolute atomic E-state index is 1.25. The van der Waals surface area contributed by atoms with Crippen LogP contribution in [0.1, 0.15) is 12.8 Å². The maximum atomic E-state index is 10.2. The van der Waals surface area contributed by atoms with E-state index in [1.165, 1.54) is 25.9 Å². The number of nitrogens with one attached hydrogen (secondary N) is 1. The number of hydrogen-bond donors (Lipinski definition) is 2. The molecule has 0 amide bonds. The Hall–Kier alpha value is 0.100. The van der Waals surface area contributed by atoms with E-state index in [9.17, 15) is 13.2 Å². The first-order valence-corrected chi connectivity index (χ1v) is 3.44. The van der Waals surface area contributed by atoms with Crippen molar-refractivity contribution in [2.75, 3.05) is 13.1 Å². The molecule has 1 nitrogen and oxygen atoms in total. The minimum Gasteiger partial charge on any atom is -0.317 e. The number of rotatable bonds is 0. The molecule has 0 atom stereocenters. The Kier molecular flexibility index (Phi) is 4.89. The molecule has 0 unspecified atom stereocenters. The van der Waals surface area contributed by atoms with Gasteiger partial charge in [0.1, 0.15) is 0 Å². The van der Waals surface area contributed by atoms with Crippen molar-refractivity contribution in [1.29, 1.82) is 0 Å². The lowest BCUT2D eigenvalue weighted by molar-refractivity contribution is -0.0303. The zero-order valence-electron chi connectivity index (χ0n) is 5.41. The summed E-state index contributed by atoms with van der Waals surface area (Å²) in [7, 11) is 0. The van der Waals surface area contributed by atoms with Crippen LogP contribution < -0.4 is 5.32 Å². The van der Waals surface area contributed by atoms with Gasteiger partial charge < -0.3 is 5.32 Å². The lowest BCUT2D eigenvalue weighted by Crippen LogP contribution is -2.03. The van der Waals surface area contributed by atoms with E-state index in [-0.39, 0.29) is 0 Å². The highest BCUT2D eigenvalue weighted by Gasteiger charge is 2.17. The number of thiol groups is 1. The van der Waals surface area contributed by atoms with Crippen LogP contribution in [0.5, 0.6) is 0 Å². The van der Waals surface area contributed by atoms with Crippen molar-refractivity contribution in [3.05, 3.63) is 0 Å². The van der Waals surface area contributed by atoms with Crippen molar-refractivity contribution < 1.29 is 13.2 Å². The summed E-state index contributed by atoms with van der Waals surface area (Å²) in [5, 5.41) is 3.22. The largest absolute Gasteiger partial charge is 0.438 e. The van der Waals surface area contributed by atoms with E-state index in [0.717, 1.165) is 0 Å². The molecule has 5 heteroatoms. The highest BCUT2D eigenvalue weighted by molar-refractivity contribution is 7.81. The molecule has 0 aliphatic carbocycles. The van der Waals surface area contributed by atoms with Gasteiger partial charge in [-0.05, 0) is 25.9 Å². The SMILES string of the molecule is C1CCNC1.FC(F)(F)S. The van der Waals surface area contributed by atoms with Crippen LogP contribution in [0.4, 0.5) is 13.2 Å². The standard InChI is InChI=1S/C4H9N.CHF3S/c1-2-4-5-3-1;2-1(3,4)5/h5H,1-4H2;5H. The van der Waals surface area contributed by atoms with E-state index < -0.39 is 5.51 Å². The summed E-state index contributed by atoms with van der Waals surface area (Å²) in [6.45, 7) is 2.50. The van der Waals surface area contributed by atoms with E-state index in [1.807, 2.05) is 0 Å². The third kappa shape index (κ3) is 15.7. The zero-order valence-corrected chi connectivity index (χ0v) is 6.30. The van der Waals surface area contributed by atoms with Crippen LogP contribution in [0.3, 0.4) is 0 Å². The Labute approximate surface area is 63.4 Å². The molecule has 0 radical (unpaired) electrons. The number of halogens is 3. The maximum Gasteiger partial charge on any atom is 0.438 e. The van der Waals surface area contributed by atoms with Crippen molar-refractivity contribution in [3.8, 4) is 0 Å². The molecule has 1 saturated heterocycles. The van der Waals surface area contributed by atoms with Gasteiger partial charge in [-0.25, -0.2) is 0 Å². The molecule has 1 rings (SSSR count). The van der Waals surface area contributed by atoms with Crippen molar-refractivity contribution >= 4 is 12.6 Å². The first-order chi connectivity index (χ1) is 4.50. The van der Waals surface area contributed by atoms with Gasteiger partial charge in [-0.2, -0.15) is 13.2 Å². The lowest BCUT2D eigenvalue weighted by Gasteiger charge is -1.87. The Morgan fingerprint density at radius 1 is 1.10 bits per heavy atom. The highest BCUT2D eigenvalue weighted by atomic mass is 32.1. The normalized spacial score (nSPS) is 18.0. The molecule has 0 saturated carbocycles. The number of hydrogen-bond acceptors (Lipinski definition) is 2. The molecule has 0 aromatic rings. The predicted molar refractivity (Wildman–Crippen MR) is 37.1 cm³/mol. The second kappa shape index (κ2) is 4.85. The molecule has 0 bridgehead atoms. The zero-order chi connectivity index (χ0) is 8.04. The summed E-state index contributed by atoms with van der Waals surface area (Å²) in [6.07, 6.45) is 2.78.